The summed E-state index contributed by atoms with van der Waals surface area (Å²) in [6.45, 7) is 1.54. The van der Waals surface area contributed by atoms with Crippen molar-refractivity contribution in [1.29, 1.82) is 0 Å². The number of aryl methyl sites for hydroxylation is 1. The molecule has 4 nitrogen and oxygen atoms in total. The first-order valence-corrected chi connectivity index (χ1v) is 7.96. The minimum absolute atomic E-state index is 0.0120. The second-order valence-corrected chi connectivity index (χ2v) is 7.44. The van der Waals surface area contributed by atoms with Gasteiger partial charge in [0.15, 0.2) is 8.68 Å². The molecule has 9 heteroatoms. The lowest BCUT2D eigenvalue weighted by molar-refractivity contribution is 0.602. The Kier molecular flexibility index (Phi) is 4.00. The van der Waals surface area contributed by atoms with Crippen LogP contribution in [0.3, 0.4) is 0 Å². The number of sulfonamides is 1. The van der Waals surface area contributed by atoms with Crippen molar-refractivity contribution in [2.24, 2.45) is 0 Å². The fraction of sp³-hybridized carbons (Fsp3) is 0.100. The van der Waals surface area contributed by atoms with Gasteiger partial charge in [0.25, 0.3) is 10.0 Å². The van der Waals surface area contributed by atoms with Crippen LogP contribution in [0.2, 0.25) is 9.49 Å². The molecule has 0 aliphatic rings. The normalized spacial score (nSPS) is 11.6. The first kappa shape index (κ1) is 14.5. The van der Waals surface area contributed by atoms with Gasteiger partial charge in [-0.2, -0.15) is 0 Å². The van der Waals surface area contributed by atoms with Crippen LogP contribution in [0.25, 0.3) is 0 Å². The number of benzene rings is 1. The third kappa shape index (κ3) is 3.17. The van der Waals surface area contributed by atoms with Gasteiger partial charge in [0.1, 0.15) is 5.82 Å². The highest BCUT2D eigenvalue weighted by Gasteiger charge is 2.21. The Bertz CT molecular complexity index is 731. The molecule has 0 fully saturated rings. The second kappa shape index (κ2) is 5.24. The molecule has 0 radical (unpaired) electrons. The first-order valence-electron chi connectivity index (χ1n) is 4.90. The van der Waals surface area contributed by atoms with Crippen molar-refractivity contribution in [3.05, 3.63) is 39.2 Å². The van der Waals surface area contributed by atoms with Crippen LogP contribution in [-0.4, -0.2) is 13.4 Å². The Hall–Kier alpha value is -0.890. The molecule has 0 atom stereocenters. The van der Waals surface area contributed by atoms with Gasteiger partial charge in [0.2, 0.25) is 0 Å². The van der Waals surface area contributed by atoms with E-state index >= 15 is 0 Å². The van der Waals surface area contributed by atoms with Gasteiger partial charge in [-0.15, -0.1) is 0 Å². The number of nitrogens with one attached hydrogen (secondary N) is 1. The Balaban J connectivity index is 2.36. The van der Waals surface area contributed by atoms with Crippen molar-refractivity contribution >= 4 is 50.2 Å². The third-order valence-corrected chi connectivity index (χ3v) is 5.69. The molecule has 0 bridgehead atoms. The van der Waals surface area contributed by atoms with E-state index < -0.39 is 15.8 Å². The molecule has 0 saturated carbocycles. The predicted octanol–water partition coefficient (Wildman–Crippen LogP) is 3.70. The number of hydrogen-bond acceptors (Lipinski definition) is 4. The van der Waals surface area contributed by atoms with E-state index in [0.29, 0.717) is 5.69 Å². The van der Waals surface area contributed by atoms with Crippen molar-refractivity contribution in [2.75, 3.05) is 4.72 Å². The summed E-state index contributed by atoms with van der Waals surface area (Å²) in [5, 5.41) is -0.167. The summed E-state index contributed by atoms with van der Waals surface area (Å²) >= 11 is 12.1. The molecule has 0 aliphatic carbocycles. The van der Waals surface area contributed by atoms with Gasteiger partial charge in [-0.25, -0.2) is 17.8 Å². The molecule has 0 amide bonds. The van der Waals surface area contributed by atoms with Crippen molar-refractivity contribution in [1.82, 2.24) is 4.98 Å². The predicted molar refractivity (Wildman–Crippen MR) is 74.1 cm³/mol. The zero-order valence-electron chi connectivity index (χ0n) is 9.45. The average Bonchev–Trinajstić information content (AvgIpc) is 2.63. The van der Waals surface area contributed by atoms with Crippen LogP contribution in [-0.2, 0) is 10.0 Å². The Morgan fingerprint density at radius 2 is 2.05 bits per heavy atom. The summed E-state index contributed by atoms with van der Waals surface area (Å²) in [4.78, 5) is 3.83. The highest BCUT2D eigenvalue weighted by Crippen LogP contribution is 2.29. The van der Waals surface area contributed by atoms with Crippen molar-refractivity contribution < 1.29 is 12.8 Å². The van der Waals surface area contributed by atoms with Gasteiger partial charge < -0.3 is 0 Å². The summed E-state index contributed by atoms with van der Waals surface area (Å²) in [5.74, 6) is -0.623. The minimum atomic E-state index is -3.81. The average molecular weight is 341 g/mol. The van der Waals surface area contributed by atoms with E-state index in [-0.39, 0.29) is 19.4 Å². The topological polar surface area (TPSA) is 59.1 Å². The Morgan fingerprint density at radius 3 is 2.58 bits per heavy atom. The molecule has 1 N–H and O–H groups in total. The maximum atomic E-state index is 13.0. The molecule has 102 valence electrons. The SMILES string of the molecule is Cc1nc(Cl)sc1S(=O)(=O)Nc1ccc(F)c(Cl)c1. The molecule has 19 heavy (non-hydrogen) atoms. The monoisotopic (exact) mass is 340 g/mol. The highest BCUT2D eigenvalue weighted by molar-refractivity contribution is 7.94. The first-order chi connectivity index (χ1) is 8.79. The van der Waals surface area contributed by atoms with Crippen LogP contribution in [0.5, 0.6) is 0 Å². The maximum absolute atomic E-state index is 13.0. The van der Waals surface area contributed by atoms with Gasteiger partial charge in [-0.3, -0.25) is 4.72 Å². The second-order valence-electron chi connectivity index (χ2n) is 3.57. The van der Waals surface area contributed by atoms with Gasteiger partial charge in [0.05, 0.1) is 16.4 Å². The molecule has 0 spiro atoms. The van der Waals surface area contributed by atoms with Crippen LogP contribution in [0, 0.1) is 12.7 Å². The number of nitrogens with zero attached hydrogens (tertiary/aromatic N) is 1. The van der Waals surface area contributed by atoms with Crippen molar-refractivity contribution in [3.8, 4) is 0 Å². The molecule has 0 unspecified atom stereocenters. The van der Waals surface area contributed by atoms with E-state index in [1.54, 1.807) is 0 Å². The summed E-state index contributed by atoms with van der Waals surface area (Å²) in [6, 6.07) is 3.54. The lowest BCUT2D eigenvalue weighted by atomic mass is 10.3. The molecule has 1 heterocycles. The minimum Gasteiger partial charge on any atom is -0.279 e. The van der Waals surface area contributed by atoms with E-state index in [1.807, 2.05) is 0 Å². The van der Waals surface area contributed by atoms with E-state index in [1.165, 1.54) is 19.1 Å². The molecule has 1 aromatic heterocycles. The summed E-state index contributed by atoms with van der Waals surface area (Å²) in [7, 11) is -3.81. The number of hydrogen-bond donors (Lipinski definition) is 1. The number of thiazole rings is 1. The molecule has 0 saturated heterocycles. The van der Waals surface area contributed by atoms with Crippen LogP contribution >= 0.6 is 34.5 Å². The van der Waals surface area contributed by atoms with Crippen molar-refractivity contribution in [3.63, 3.8) is 0 Å². The summed E-state index contributed by atoms with van der Waals surface area (Å²) < 4.78 is 39.6. The molecular formula is C10H7Cl2FN2O2S2. The maximum Gasteiger partial charge on any atom is 0.273 e. The fourth-order valence-electron chi connectivity index (χ4n) is 1.36. The lowest BCUT2D eigenvalue weighted by Gasteiger charge is -2.07. The number of anilines is 1. The quantitative estimate of drug-likeness (QED) is 0.926. The number of halogens is 3. The smallest absolute Gasteiger partial charge is 0.273 e. The third-order valence-electron chi connectivity index (χ3n) is 2.14. The van der Waals surface area contributed by atoms with Gasteiger partial charge >= 0.3 is 0 Å². The van der Waals surface area contributed by atoms with Crippen LogP contribution in [0.1, 0.15) is 5.69 Å². The molecule has 2 aromatic rings. The van der Waals surface area contributed by atoms with E-state index in [9.17, 15) is 12.8 Å². The molecule has 0 aliphatic heterocycles. The zero-order chi connectivity index (χ0) is 14.2. The lowest BCUT2D eigenvalue weighted by Crippen LogP contribution is -2.12. The van der Waals surface area contributed by atoms with E-state index in [4.69, 9.17) is 23.2 Å². The van der Waals surface area contributed by atoms with E-state index in [0.717, 1.165) is 17.4 Å². The Labute approximate surface area is 123 Å². The van der Waals surface area contributed by atoms with Crippen LogP contribution in [0.15, 0.2) is 22.4 Å². The standard InChI is InChI=1S/C10H7Cl2FN2O2S2/c1-5-9(18-10(12)14-5)19(16,17)15-6-2-3-8(13)7(11)4-6/h2-4,15H,1H3. The highest BCUT2D eigenvalue weighted by atomic mass is 35.5. The zero-order valence-corrected chi connectivity index (χ0v) is 12.6. The van der Waals surface area contributed by atoms with Crippen LogP contribution < -0.4 is 4.72 Å². The van der Waals surface area contributed by atoms with Gasteiger partial charge in [-0.05, 0) is 25.1 Å². The summed E-state index contributed by atoms with van der Waals surface area (Å²) in [5.41, 5.74) is 0.464. The molecule has 1 aromatic carbocycles. The van der Waals surface area contributed by atoms with E-state index in [2.05, 4.69) is 9.71 Å². The Morgan fingerprint density at radius 1 is 1.37 bits per heavy atom. The largest absolute Gasteiger partial charge is 0.279 e. The van der Waals surface area contributed by atoms with Crippen molar-refractivity contribution in [2.45, 2.75) is 11.1 Å². The number of rotatable bonds is 3. The fourth-order valence-corrected chi connectivity index (χ4v) is 4.33. The van der Waals surface area contributed by atoms with Gasteiger partial charge in [0, 0.05) is 0 Å². The molecular weight excluding hydrogens is 334 g/mol. The summed E-state index contributed by atoms with van der Waals surface area (Å²) in [6.07, 6.45) is 0. The van der Waals surface area contributed by atoms with Crippen LogP contribution in [0.4, 0.5) is 10.1 Å². The van der Waals surface area contributed by atoms with Gasteiger partial charge in [-0.1, -0.05) is 34.5 Å². The molecule has 2 rings (SSSR count). The number of aromatic nitrogens is 1.